The van der Waals surface area contributed by atoms with Crippen LogP contribution in [0, 0.1) is 0 Å². The first-order valence-electron chi connectivity index (χ1n) is 5.72. The van der Waals surface area contributed by atoms with Crippen molar-refractivity contribution in [3.63, 3.8) is 0 Å². The topological polar surface area (TPSA) is 86.6 Å². The van der Waals surface area contributed by atoms with E-state index in [9.17, 15) is 26.3 Å². The van der Waals surface area contributed by atoms with Crippen molar-refractivity contribution in [2.24, 2.45) is 0 Å². The molecule has 0 unspecified atom stereocenters. The van der Waals surface area contributed by atoms with Crippen molar-refractivity contribution in [2.45, 2.75) is 25.3 Å². The number of halogens is 6. The lowest BCUT2D eigenvalue weighted by Crippen LogP contribution is -2.17. The van der Waals surface area contributed by atoms with Gasteiger partial charge in [-0.3, -0.25) is 9.11 Å². The van der Waals surface area contributed by atoms with Crippen LogP contribution in [0.15, 0.2) is 18.2 Å². The van der Waals surface area contributed by atoms with Crippen LogP contribution in [0.1, 0.15) is 29.7 Å². The first kappa shape index (κ1) is 21.6. The minimum Gasteiger partial charge on any atom is -0.313 e. The standard InChI is InChI=1S/C11H11F6N.H2O4S/c1-6(18-2)7-3-8(10(12,13)14)5-9(4-7)11(15,16)17;1-5(2,3)4/h3-6,18H,1-2H3;(H2,1,2,3,4)/t6-;/m1./s1. The smallest absolute Gasteiger partial charge is 0.313 e. The van der Waals surface area contributed by atoms with Crippen molar-refractivity contribution in [3.05, 3.63) is 34.9 Å². The molecule has 0 aliphatic carbocycles. The molecule has 0 fully saturated rings. The van der Waals surface area contributed by atoms with Crippen LogP contribution < -0.4 is 5.32 Å². The van der Waals surface area contributed by atoms with Crippen LogP contribution in [0.2, 0.25) is 0 Å². The van der Waals surface area contributed by atoms with Gasteiger partial charge in [0.25, 0.3) is 0 Å². The molecule has 0 amide bonds. The van der Waals surface area contributed by atoms with Crippen LogP contribution in [0.3, 0.4) is 0 Å². The molecule has 1 aromatic rings. The third-order valence-electron chi connectivity index (χ3n) is 2.54. The van der Waals surface area contributed by atoms with Gasteiger partial charge in [-0.25, -0.2) is 0 Å². The summed E-state index contributed by atoms with van der Waals surface area (Å²) < 4.78 is 107. The second-order valence-corrected chi connectivity index (χ2v) is 5.19. The molecule has 5 nitrogen and oxygen atoms in total. The first-order chi connectivity index (χ1) is 10.1. The minimum atomic E-state index is -4.80. The summed E-state index contributed by atoms with van der Waals surface area (Å²) in [4.78, 5) is 0. The number of alkyl halides is 6. The zero-order chi connectivity index (χ0) is 18.6. The molecule has 12 heteroatoms. The number of hydrogen-bond acceptors (Lipinski definition) is 3. The van der Waals surface area contributed by atoms with Gasteiger partial charge in [0.15, 0.2) is 0 Å². The van der Waals surface area contributed by atoms with Gasteiger partial charge in [-0.1, -0.05) is 0 Å². The number of rotatable bonds is 2. The summed E-state index contributed by atoms with van der Waals surface area (Å²) in [6, 6.07) is 0.951. The Bertz CT molecular complexity index is 586. The van der Waals surface area contributed by atoms with Crippen molar-refractivity contribution in [3.8, 4) is 0 Å². The fourth-order valence-corrected chi connectivity index (χ4v) is 1.40. The molecule has 0 heterocycles. The monoisotopic (exact) mass is 369 g/mol. The van der Waals surface area contributed by atoms with Crippen molar-refractivity contribution in [1.82, 2.24) is 5.32 Å². The molecule has 1 atom stereocenters. The Labute approximate surface area is 127 Å². The summed E-state index contributed by atoms with van der Waals surface area (Å²) in [6.45, 7) is 1.48. The van der Waals surface area contributed by atoms with Gasteiger partial charge in [-0.05, 0) is 37.7 Å². The predicted octanol–water partition coefficient (Wildman–Crippen LogP) is 3.35. The molecule has 0 saturated carbocycles. The molecule has 0 radical (unpaired) electrons. The largest absolute Gasteiger partial charge is 0.416 e. The van der Waals surface area contributed by atoms with Gasteiger partial charge in [0, 0.05) is 6.04 Å². The summed E-state index contributed by atoms with van der Waals surface area (Å²) >= 11 is 0. The van der Waals surface area contributed by atoms with Crippen LogP contribution in [0.25, 0.3) is 0 Å². The molecule has 1 aromatic carbocycles. The third-order valence-corrected chi connectivity index (χ3v) is 2.54. The average molecular weight is 369 g/mol. The number of hydrogen-bond donors (Lipinski definition) is 3. The first-order valence-corrected chi connectivity index (χ1v) is 7.12. The summed E-state index contributed by atoms with van der Waals surface area (Å²) in [5.74, 6) is 0. The van der Waals surface area contributed by atoms with Crippen LogP contribution >= 0.6 is 0 Å². The SMILES string of the molecule is CN[C@H](C)c1cc(C(F)(F)F)cc(C(F)(F)F)c1.O=S(=O)(O)O. The lowest BCUT2D eigenvalue weighted by molar-refractivity contribution is -0.143. The molecular formula is C11H13F6NO4S. The van der Waals surface area contributed by atoms with Crippen LogP contribution in [0.5, 0.6) is 0 Å². The molecule has 0 spiro atoms. The Morgan fingerprint density at radius 1 is 0.957 bits per heavy atom. The normalized spacial score (nSPS) is 14.0. The summed E-state index contributed by atoms with van der Waals surface area (Å²) in [6.07, 6.45) is -9.60. The van der Waals surface area contributed by atoms with Gasteiger partial charge < -0.3 is 5.32 Å². The van der Waals surface area contributed by atoms with Crippen molar-refractivity contribution >= 4 is 10.4 Å². The third kappa shape index (κ3) is 8.74. The molecule has 0 saturated heterocycles. The Morgan fingerprint density at radius 3 is 1.48 bits per heavy atom. The van der Waals surface area contributed by atoms with E-state index in [2.05, 4.69) is 5.32 Å². The Kier molecular flexibility index (Phi) is 7.02. The number of nitrogens with one attached hydrogen (secondary N) is 1. The molecule has 0 aromatic heterocycles. The lowest BCUT2D eigenvalue weighted by Gasteiger charge is -2.17. The van der Waals surface area contributed by atoms with E-state index in [0.29, 0.717) is 0 Å². The molecule has 3 N–H and O–H groups in total. The molecule has 0 bridgehead atoms. The van der Waals surface area contributed by atoms with Crippen molar-refractivity contribution in [1.29, 1.82) is 0 Å². The van der Waals surface area contributed by atoms with Crippen molar-refractivity contribution < 1.29 is 43.9 Å². The van der Waals surface area contributed by atoms with Gasteiger partial charge in [-0.15, -0.1) is 0 Å². The Hall–Kier alpha value is -1.37. The van der Waals surface area contributed by atoms with Gasteiger partial charge in [0.05, 0.1) is 11.1 Å². The Balaban J connectivity index is 0.000000841. The maximum absolute atomic E-state index is 12.5. The maximum atomic E-state index is 12.5. The zero-order valence-corrected chi connectivity index (χ0v) is 12.5. The van der Waals surface area contributed by atoms with E-state index in [-0.39, 0.29) is 11.6 Å². The lowest BCUT2D eigenvalue weighted by atomic mass is 10.0. The summed E-state index contributed by atoms with van der Waals surface area (Å²) in [7, 11) is -3.21. The second kappa shape index (κ2) is 7.47. The summed E-state index contributed by atoms with van der Waals surface area (Å²) in [5.41, 5.74) is -2.65. The highest BCUT2D eigenvalue weighted by Crippen LogP contribution is 2.37. The highest BCUT2D eigenvalue weighted by Gasteiger charge is 2.37. The van der Waals surface area contributed by atoms with Gasteiger partial charge in [0.1, 0.15) is 0 Å². The Morgan fingerprint density at radius 2 is 1.26 bits per heavy atom. The van der Waals surface area contributed by atoms with E-state index in [4.69, 9.17) is 17.5 Å². The van der Waals surface area contributed by atoms with E-state index < -0.39 is 39.9 Å². The highest BCUT2D eigenvalue weighted by molar-refractivity contribution is 7.79. The quantitative estimate of drug-likeness (QED) is 0.550. The molecule has 1 rings (SSSR count). The minimum absolute atomic E-state index is 0.0559. The molecule has 23 heavy (non-hydrogen) atoms. The second-order valence-electron chi connectivity index (χ2n) is 4.30. The van der Waals surface area contributed by atoms with E-state index in [1.807, 2.05) is 0 Å². The highest BCUT2D eigenvalue weighted by atomic mass is 32.3. The van der Waals surface area contributed by atoms with Crippen LogP contribution in [-0.2, 0) is 22.8 Å². The molecule has 134 valence electrons. The van der Waals surface area contributed by atoms with E-state index in [1.165, 1.54) is 14.0 Å². The van der Waals surface area contributed by atoms with E-state index in [1.54, 1.807) is 0 Å². The predicted molar refractivity (Wildman–Crippen MR) is 68.1 cm³/mol. The van der Waals surface area contributed by atoms with E-state index in [0.717, 1.165) is 12.1 Å². The fraction of sp³-hybridized carbons (Fsp3) is 0.455. The van der Waals surface area contributed by atoms with E-state index >= 15 is 0 Å². The fourth-order valence-electron chi connectivity index (χ4n) is 1.40. The van der Waals surface area contributed by atoms with Crippen LogP contribution in [0.4, 0.5) is 26.3 Å². The summed E-state index contributed by atoms with van der Waals surface area (Å²) in [5, 5.41) is 2.60. The van der Waals surface area contributed by atoms with Gasteiger partial charge in [-0.2, -0.15) is 34.8 Å². The van der Waals surface area contributed by atoms with Gasteiger partial charge >= 0.3 is 22.8 Å². The zero-order valence-electron chi connectivity index (χ0n) is 11.7. The number of benzene rings is 1. The van der Waals surface area contributed by atoms with Crippen LogP contribution in [-0.4, -0.2) is 24.6 Å². The van der Waals surface area contributed by atoms with Gasteiger partial charge in [0.2, 0.25) is 0 Å². The molecule has 0 aliphatic heterocycles. The van der Waals surface area contributed by atoms with Crippen molar-refractivity contribution in [2.75, 3.05) is 7.05 Å². The molecule has 0 aliphatic rings. The average Bonchev–Trinajstić information content (AvgIpc) is 2.33. The molecular weight excluding hydrogens is 356 g/mol. The maximum Gasteiger partial charge on any atom is 0.416 e.